The average molecular weight is 421 g/mol. The van der Waals surface area contributed by atoms with Gasteiger partial charge in [0.2, 0.25) is 5.89 Å². The van der Waals surface area contributed by atoms with Crippen molar-refractivity contribution in [2.24, 2.45) is 13.0 Å². The summed E-state index contributed by atoms with van der Waals surface area (Å²) in [6.45, 7) is 9.81. The van der Waals surface area contributed by atoms with Gasteiger partial charge in [0.1, 0.15) is 0 Å². The molecule has 5 rings (SSSR count). The van der Waals surface area contributed by atoms with Gasteiger partial charge in [-0.05, 0) is 32.9 Å². The zero-order valence-electron chi connectivity index (χ0n) is 18.5. The summed E-state index contributed by atoms with van der Waals surface area (Å²) in [6.07, 6.45) is 0. The quantitative estimate of drug-likeness (QED) is 0.644. The predicted molar refractivity (Wildman–Crippen MR) is 115 cm³/mol. The van der Waals surface area contributed by atoms with Crippen molar-refractivity contribution in [1.82, 2.24) is 29.7 Å². The molecule has 2 aromatic heterocycles. The normalized spacial score (nSPS) is 23.5. The molecule has 2 saturated heterocycles. The van der Waals surface area contributed by atoms with E-state index in [1.807, 2.05) is 53.9 Å². The molecule has 1 amide bonds. The molecule has 3 aromatic rings. The summed E-state index contributed by atoms with van der Waals surface area (Å²) in [5.74, 6) is 1.60. The van der Waals surface area contributed by atoms with E-state index in [9.17, 15) is 4.79 Å². The number of carbonyl (C=O) groups is 1. The van der Waals surface area contributed by atoms with Gasteiger partial charge in [-0.1, -0.05) is 23.4 Å². The summed E-state index contributed by atoms with van der Waals surface area (Å²) < 4.78 is 7.64. The Balaban J connectivity index is 1.43. The van der Waals surface area contributed by atoms with E-state index in [2.05, 4.69) is 34.0 Å². The van der Waals surface area contributed by atoms with Crippen LogP contribution in [0.3, 0.4) is 0 Å². The summed E-state index contributed by atoms with van der Waals surface area (Å²) in [5.41, 5.74) is 3.92. The predicted octanol–water partition coefficient (Wildman–Crippen LogP) is 2.25. The van der Waals surface area contributed by atoms with E-state index in [0.29, 0.717) is 24.8 Å². The highest BCUT2D eigenvalue weighted by Crippen LogP contribution is 2.45. The fourth-order valence-corrected chi connectivity index (χ4v) is 5.28. The molecule has 2 aliphatic rings. The highest BCUT2D eigenvalue weighted by atomic mass is 16.5. The maximum atomic E-state index is 13.2. The second kappa shape index (κ2) is 7.30. The van der Waals surface area contributed by atoms with Crippen molar-refractivity contribution in [3.63, 3.8) is 0 Å². The molecule has 0 aliphatic carbocycles. The average Bonchev–Trinajstić information content (AvgIpc) is 3.48. The maximum absolute atomic E-state index is 13.2. The molecule has 2 atom stereocenters. The van der Waals surface area contributed by atoms with Crippen molar-refractivity contribution in [3.8, 4) is 0 Å². The Morgan fingerprint density at radius 2 is 1.94 bits per heavy atom. The number of hydrogen-bond donors (Lipinski definition) is 0. The van der Waals surface area contributed by atoms with Crippen molar-refractivity contribution in [1.29, 1.82) is 0 Å². The molecule has 0 bridgehead atoms. The van der Waals surface area contributed by atoms with Crippen molar-refractivity contribution in [3.05, 3.63) is 64.6 Å². The van der Waals surface area contributed by atoms with Crippen LogP contribution in [-0.4, -0.2) is 61.8 Å². The lowest BCUT2D eigenvalue weighted by molar-refractivity contribution is 0.0766. The summed E-state index contributed by atoms with van der Waals surface area (Å²) in [5, 5.41) is 8.63. The van der Waals surface area contributed by atoms with Crippen LogP contribution in [0.1, 0.15) is 39.0 Å². The molecule has 1 aromatic carbocycles. The van der Waals surface area contributed by atoms with Gasteiger partial charge < -0.3 is 9.42 Å². The number of amides is 1. The zero-order valence-corrected chi connectivity index (χ0v) is 18.5. The van der Waals surface area contributed by atoms with E-state index < -0.39 is 0 Å². The molecule has 4 heterocycles. The SMILES string of the molecule is Cc1noc(C23CN(Cc4c(C)nn(C)c4C)CC2CN(C(=O)c2ccccc2)C3)n1. The van der Waals surface area contributed by atoms with Gasteiger partial charge in [0, 0.05) is 62.5 Å². The minimum Gasteiger partial charge on any atom is -0.339 e. The van der Waals surface area contributed by atoms with Crippen LogP contribution in [-0.2, 0) is 19.0 Å². The first-order chi connectivity index (χ1) is 14.9. The third-order valence-corrected chi connectivity index (χ3v) is 6.98. The first kappa shape index (κ1) is 19.9. The second-order valence-corrected chi connectivity index (χ2v) is 8.99. The van der Waals surface area contributed by atoms with Crippen LogP contribution in [0, 0.1) is 26.7 Å². The highest BCUT2D eigenvalue weighted by molar-refractivity contribution is 5.94. The largest absolute Gasteiger partial charge is 0.339 e. The lowest BCUT2D eigenvalue weighted by atomic mass is 9.81. The molecule has 2 unspecified atom stereocenters. The molecule has 8 nitrogen and oxygen atoms in total. The number of carbonyl (C=O) groups excluding carboxylic acids is 1. The number of likely N-dealkylation sites (tertiary alicyclic amines) is 2. The van der Waals surface area contributed by atoms with Crippen LogP contribution < -0.4 is 0 Å². The topological polar surface area (TPSA) is 80.3 Å². The standard InChI is InChI=1S/C23H28N6O2/c1-15-20(16(2)27(4)25-15)12-28-10-19-11-29(21(30)18-8-6-5-7-9-18)14-23(19,13-28)22-24-17(3)26-31-22/h5-9,19H,10-14H2,1-4H3. The Morgan fingerprint density at radius 3 is 2.58 bits per heavy atom. The number of aryl methyl sites for hydroxylation is 3. The van der Waals surface area contributed by atoms with Crippen LogP contribution in [0.25, 0.3) is 0 Å². The molecule has 0 N–H and O–H groups in total. The number of rotatable bonds is 4. The third kappa shape index (κ3) is 3.26. The lowest BCUT2D eigenvalue weighted by Crippen LogP contribution is -2.40. The Labute approximate surface area is 181 Å². The van der Waals surface area contributed by atoms with E-state index in [0.717, 1.165) is 30.9 Å². The van der Waals surface area contributed by atoms with Crippen molar-refractivity contribution >= 4 is 5.91 Å². The van der Waals surface area contributed by atoms with Gasteiger partial charge in [-0.3, -0.25) is 14.4 Å². The summed E-state index contributed by atoms with van der Waals surface area (Å²) in [6, 6.07) is 9.49. The monoisotopic (exact) mass is 420 g/mol. The number of benzene rings is 1. The smallest absolute Gasteiger partial charge is 0.253 e. The fourth-order valence-electron chi connectivity index (χ4n) is 5.28. The van der Waals surface area contributed by atoms with Crippen molar-refractivity contribution < 1.29 is 9.32 Å². The van der Waals surface area contributed by atoms with Gasteiger partial charge in [0.15, 0.2) is 5.82 Å². The Kier molecular flexibility index (Phi) is 4.69. The second-order valence-electron chi connectivity index (χ2n) is 8.99. The van der Waals surface area contributed by atoms with E-state index >= 15 is 0 Å². The van der Waals surface area contributed by atoms with Crippen LogP contribution >= 0.6 is 0 Å². The molecule has 0 spiro atoms. The fraction of sp³-hybridized carbons (Fsp3) is 0.478. The van der Waals surface area contributed by atoms with E-state index in [4.69, 9.17) is 4.52 Å². The van der Waals surface area contributed by atoms with Crippen LogP contribution in [0.4, 0.5) is 0 Å². The first-order valence-electron chi connectivity index (χ1n) is 10.7. The van der Waals surface area contributed by atoms with E-state index in [-0.39, 0.29) is 17.2 Å². The summed E-state index contributed by atoms with van der Waals surface area (Å²) in [7, 11) is 1.99. The van der Waals surface area contributed by atoms with E-state index in [1.54, 1.807) is 0 Å². The molecular formula is C23H28N6O2. The van der Waals surface area contributed by atoms with Crippen molar-refractivity contribution in [2.45, 2.75) is 32.7 Å². The van der Waals surface area contributed by atoms with Crippen molar-refractivity contribution in [2.75, 3.05) is 26.2 Å². The van der Waals surface area contributed by atoms with Gasteiger partial charge in [-0.15, -0.1) is 0 Å². The van der Waals surface area contributed by atoms with Gasteiger partial charge in [0.05, 0.1) is 11.1 Å². The molecule has 31 heavy (non-hydrogen) atoms. The van der Waals surface area contributed by atoms with Crippen LogP contribution in [0.5, 0.6) is 0 Å². The molecular weight excluding hydrogens is 392 g/mol. The molecule has 2 aliphatic heterocycles. The summed E-state index contributed by atoms with van der Waals surface area (Å²) >= 11 is 0. The van der Waals surface area contributed by atoms with Gasteiger partial charge in [0.25, 0.3) is 5.91 Å². The minimum atomic E-state index is -0.338. The number of nitrogens with zero attached hydrogens (tertiary/aromatic N) is 6. The minimum absolute atomic E-state index is 0.0658. The van der Waals surface area contributed by atoms with Crippen LogP contribution in [0.15, 0.2) is 34.9 Å². The lowest BCUT2D eigenvalue weighted by Gasteiger charge is -2.26. The maximum Gasteiger partial charge on any atom is 0.253 e. The molecule has 2 fully saturated rings. The van der Waals surface area contributed by atoms with Gasteiger partial charge >= 0.3 is 0 Å². The summed E-state index contributed by atoms with van der Waals surface area (Å²) in [4.78, 5) is 22.2. The number of fused-ring (bicyclic) bond motifs is 1. The third-order valence-electron chi connectivity index (χ3n) is 6.98. The molecule has 0 saturated carbocycles. The molecule has 8 heteroatoms. The van der Waals surface area contributed by atoms with Crippen LogP contribution in [0.2, 0.25) is 0 Å². The Morgan fingerprint density at radius 1 is 1.16 bits per heavy atom. The molecule has 162 valence electrons. The van der Waals surface area contributed by atoms with Gasteiger partial charge in [-0.25, -0.2) is 0 Å². The number of hydrogen-bond acceptors (Lipinski definition) is 6. The van der Waals surface area contributed by atoms with E-state index in [1.165, 1.54) is 11.3 Å². The van der Waals surface area contributed by atoms with Gasteiger partial charge in [-0.2, -0.15) is 10.1 Å². The number of aromatic nitrogens is 4. The highest BCUT2D eigenvalue weighted by Gasteiger charge is 2.57. The Bertz CT molecular complexity index is 1120. The first-order valence-corrected chi connectivity index (χ1v) is 10.7. The zero-order chi connectivity index (χ0) is 21.8. The Hall–Kier alpha value is -3.00. The molecule has 0 radical (unpaired) electrons.